The second-order valence-corrected chi connectivity index (χ2v) is 8.29. The SMILES string of the molecule is CSc1ncc(C(=O)OCc2nnc3n(C)c(=O)c4cc(C)ccc4n23)n1-c1ccccc1. The number of benzene rings is 2. The van der Waals surface area contributed by atoms with Crippen LogP contribution in [-0.2, 0) is 18.4 Å². The molecule has 0 radical (unpaired) electrons. The molecule has 3 aromatic heterocycles. The van der Waals surface area contributed by atoms with Crippen LogP contribution in [0.5, 0.6) is 0 Å². The number of para-hydroxylation sites is 1. The summed E-state index contributed by atoms with van der Waals surface area (Å²) in [4.78, 5) is 30.1. The van der Waals surface area contributed by atoms with E-state index < -0.39 is 5.97 Å². The van der Waals surface area contributed by atoms with Crippen LogP contribution in [-0.4, -0.2) is 40.9 Å². The molecule has 0 fully saturated rings. The van der Waals surface area contributed by atoms with Crippen LogP contribution in [0.15, 0.2) is 64.7 Å². The highest BCUT2D eigenvalue weighted by molar-refractivity contribution is 7.98. The lowest BCUT2D eigenvalue weighted by atomic mass is 10.1. The molecule has 0 spiro atoms. The van der Waals surface area contributed by atoms with Gasteiger partial charge in [0, 0.05) is 12.7 Å². The first kappa shape index (κ1) is 21.0. The highest BCUT2D eigenvalue weighted by atomic mass is 32.2. The van der Waals surface area contributed by atoms with E-state index in [1.54, 1.807) is 16.0 Å². The molecule has 0 aliphatic rings. The summed E-state index contributed by atoms with van der Waals surface area (Å²) in [6.07, 6.45) is 3.40. The van der Waals surface area contributed by atoms with E-state index >= 15 is 0 Å². The van der Waals surface area contributed by atoms with Gasteiger partial charge in [0.05, 0.1) is 17.1 Å². The van der Waals surface area contributed by atoms with Crippen molar-refractivity contribution in [2.24, 2.45) is 7.05 Å². The molecule has 0 N–H and O–H groups in total. The van der Waals surface area contributed by atoms with Crippen molar-refractivity contribution in [3.05, 3.63) is 82.2 Å². The Morgan fingerprint density at radius 1 is 1.12 bits per heavy atom. The van der Waals surface area contributed by atoms with Crippen molar-refractivity contribution in [3.8, 4) is 5.69 Å². The van der Waals surface area contributed by atoms with Crippen molar-refractivity contribution in [1.29, 1.82) is 0 Å². The van der Waals surface area contributed by atoms with Crippen LogP contribution >= 0.6 is 11.8 Å². The second kappa shape index (κ2) is 8.21. The molecule has 0 atom stereocenters. The molecule has 0 aliphatic heterocycles. The van der Waals surface area contributed by atoms with Crippen LogP contribution in [0, 0.1) is 6.92 Å². The number of thioether (sulfide) groups is 1. The van der Waals surface area contributed by atoms with Crippen LogP contribution in [0.4, 0.5) is 0 Å². The highest BCUT2D eigenvalue weighted by Gasteiger charge is 2.21. The summed E-state index contributed by atoms with van der Waals surface area (Å²) in [7, 11) is 1.65. The third kappa shape index (κ3) is 3.48. The van der Waals surface area contributed by atoms with Gasteiger partial charge >= 0.3 is 5.97 Å². The van der Waals surface area contributed by atoms with E-state index in [9.17, 15) is 9.59 Å². The molecular formula is C23H20N6O3S. The maximum absolute atomic E-state index is 13.0. The zero-order valence-electron chi connectivity index (χ0n) is 18.2. The maximum Gasteiger partial charge on any atom is 0.357 e. The number of esters is 1. The molecule has 0 amide bonds. The van der Waals surface area contributed by atoms with Crippen molar-refractivity contribution in [2.45, 2.75) is 18.7 Å². The predicted octanol–water partition coefficient (Wildman–Crippen LogP) is 3.15. The van der Waals surface area contributed by atoms with Gasteiger partial charge in [-0.25, -0.2) is 9.78 Å². The number of imidazole rings is 1. The topological polar surface area (TPSA) is 96.3 Å². The maximum atomic E-state index is 13.0. The van der Waals surface area contributed by atoms with Gasteiger partial charge in [-0.2, -0.15) is 0 Å². The fraction of sp³-hybridized carbons (Fsp3) is 0.174. The van der Waals surface area contributed by atoms with Gasteiger partial charge < -0.3 is 4.74 Å². The van der Waals surface area contributed by atoms with Gasteiger partial charge in [0.15, 0.2) is 23.3 Å². The molecule has 5 aromatic rings. The molecule has 0 unspecified atom stereocenters. The van der Waals surface area contributed by atoms with E-state index in [1.165, 1.54) is 22.5 Å². The Hall–Kier alpha value is -3.92. The largest absolute Gasteiger partial charge is 0.453 e. The van der Waals surface area contributed by atoms with E-state index in [0.29, 0.717) is 33.4 Å². The Bertz CT molecular complexity index is 1570. The summed E-state index contributed by atoms with van der Waals surface area (Å²) in [6, 6.07) is 15.1. The second-order valence-electron chi connectivity index (χ2n) is 7.51. The molecule has 2 aromatic carbocycles. The first-order chi connectivity index (χ1) is 16.0. The monoisotopic (exact) mass is 460 g/mol. The van der Waals surface area contributed by atoms with Crippen molar-refractivity contribution in [2.75, 3.05) is 6.26 Å². The molecule has 0 bridgehead atoms. The number of carbonyl (C=O) groups is 1. The number of nitrogens with zero attached hydrogens (tertiary/aromatic N) is 6. The van der Waals surface area contributed by atoms with Gasteiger partial charge in [-0.15, -0.1) is 10.2 Å². The number of aromatic nitrogens is 6. The summed E-state index contributed by atoms with van der Waals surface area (Å²) in [6.45, 7) is 1.81. The van der Waals surface area contributed by atoms with E-state index in [2.05, 4.69) is 15.2 Å². The van der Waals surface area contributed by atoms with E-state index in [-0.39, 0.29) is 12.2 Å². The highest BCUT2D eigenvalue weighted by Crippen LogP contribution is 2.23. The van der Waals surface area contributed by atoms with Crippen LogP contribution in [0.25, 0.3) is 22.4 Å². The molecule has 10 heteroatoms. The van der Waals surface area contributed by atoms with Crippen LogP contribution < -0.4 is 5.56 Å². The fourth-order valence-corrected chi connectivity index (χ4v) is 4.35. The lowest BCUT2D eigenvalue weighted by molar-refractivity contribution is 0.0451. The summed E-state index contributed by atoms with van der Waals surface area (Å²) in [5, 5.41) is 9.56. The number of aryl methyl sites for hydroxylation is 2. The first-order valence-electron chi connectivity index (χ1n) is 10.2. The number of rotatable bonds is 5. The van der Waals surface area contributed by atoms with Crippen molar-refractivity contribution in [1.82, 2.24) is 28.7 Å². The number of fused-ring (bicyclic) bond motifs is 3. The molecule has 5 rings (SSSR count). The number of carbonyl (C=O) groups excluding carboxylic acids is 1. The molecule has 3 heterocycles. The van der Waals surface area contributed by atoms with E-state index in [0.717, 1.165) is 11.3 Å². The molecule has 33 heavy (non-hydrogen) atoms. The zero-order chi connectivity index (χ0) is 23.1. The van der Waals surface area contributed by atoms with Gasteiger partial charge in [0.2, 0.25) is 5.78 Å². The zero-order valence-corrected chi connectivity index (χ0v) is 19.0. The Morgan fingerprint density at radius 3 is 2.67 bits per heavy atom. The van der Waals surface area contributed by atoms with E-state index in [1.807, 2.05) is 61.7 Å². The Balaban J connectivity index is 1.52. The van der Waals surface area contributed by atoms with Crippen LogP contribution in [0.3, 0.4) is 0 Å². The lowest BCUT2D eigenvalue weighted by Crippen LogP contribution is -2.21. The molecular weight excluding hydrogens is 440 g/mol. The minimum absolute atomic E-state index is 0.115. The Labute approximate surface area is 192 Å². The van der Waals surface area contributed by atoms with Crippen molar-refractivity contribution < 1.29 is 9.53 Å². The normalized spacial score (nSPS) is 11.4. The molecule has 166 valence electrons. The lowest BCUT2D eigenvalue weighted by Gasteiger charge is -2.11. The predicted molar refractivity (Wildman–Crippen MR) is 125 cm³/mol. The van der Waals surface area contributed by atoms with Crippen LogP contribution in [0.1, 0.15) is 21.9 Å². The van der Waals surface area contributed by atoms with Gasteiger partial charge in [0.1, 0.15) is 0 Å². The van der Waals surface area contributed by atoms with Crippen LogP contribution in [0.2, 0.25) is 0 Å². The van der Waals surface area contributed by atoms with Gasteiger partial charge in [-0.1, -0.05) is 41.6 Å². The molecule has 9 nitrogen and oxygen atoms in total. The standard InChI is InChI=1S/C23H20N6O3S/c1-14-9-10-17-16(11-14)20(30)27(2)22-26-25-19(29(17)22)13-32-21(31)18-12-24-23(33-3)28(18)15-7-5-4-6-8-15/h4-12H,13H2,1-3H3. The average Bonchev–Trinajstić information content (AvgIpc) is 3.46. The van der Waals surface area contributed by atoms with Gasteiger partial charge in [0.25, 0.3) is 5.56 Å². The summed E-state index contributed by atoms with van der Waals surface area (Å²) >= 11 is 1.44. The number of hydrogen-bond donors (Lipinski definition) is 0. The first-order valence-corrected chi connectivity index (χ1v) is 11.4. The quantitative estimate of drug-likeness (QED) is 0.294. The molecule has 0 aliphatic carbocycles. The summed E-state index contributed by atoms with van der Waals surface area (Å²) in [5.74, 6) is 0.258. The summed E-state index contributed by atoms with van der Waals surface area (Å²) < 4.78 is 10.6. The third-order valence-electron chi connectivity index (χ3n) is 5.41. The number of hydrogen-bond acceptors (Lipinski definition) is 7. The number of ether oxygens (including phenoxy) is 1. The van der Waals surface area contributed by atoms with Crippen molar-refractivity contribution in [3.63, 3.8) is 0 Å². The van der Waals surface area contributed by atoms with E-state index in [4.69, 9.17) is 4.74 Å². The Kier molecular flexibility index (Phi) is 5.21. The molecule has 0 saturated carbocycles. The van der Waals surface area contributed by atoms with Gasteiger partial charge in [-0.3, -0.25) is 18.3 Å². The minimum Gasteiger partial charge on any atom is -0.453 e. The molecule has 0 saturated heterocycles. The van der Waals surface area contributed by atoms with Gasteiger partial charge in [-0.05, 0) is 37.4 Å². The third-order valence-corrected chi connectivity index (χ3v) is 6.06. The fourth-order valence-electron chi connectivity index (χ4n) is 3.81. The smallest absolute Gasteiger partial charge is 0.357 e. The Morgan fingerprint density at radius 2 is 1.91 bits per heavy atom. The summed E-state index contributed by atoms with van der Waals surface area (Å²) in [5.41, 5.74) is 2.60. The minimum atomic E-state index is -0.534. The van der Waals surface area contributed by atoms with Crippen molar-refractivity contribution >= 4 is 34.4 Å². The average molecular weight is 461 g/mol.